The summed E-state index contributed by atoms with van der Waals surface area (Å²) < 4.78 is 0.997. The second-order valence-electron chi connectivity index (χ2n) is 8.06. The summed E-state index contributed by atoms with van der Waals surface area (Å²) in [6.07, 6.45) is 0. The highest BCUT2D eigenvalue weighted by molar-refractivity contribution is 5.71. The van der Waals surface area contributed by atoms with Gasteiger partial charge in [0, 0.05) is 23.8 Å². The van der Waals surface area contributed by atoms with Crippen LogP contribution in [0.3, 0.4) is 0 Å². The molecule has 2 aromatic carbocycles. The van der Waals surface area contributed by atoms with Crippen molar-refractivity contribution in [1.29, 1.82) is 0 Å². The number of halogens is 1. The zero-order valence-corrected chi connectivity index (χ0v) is 17.1. The first-order chi connectivity index (χ1) is 11.2. The summed E-state index contributed by atoms with van der Waals surface area (Å²) in [6, 6.07) is 12.9. The molecule has 2 aromatic rings. The Morgan fingerprint density at radius 2 is 1.52 bits per heavy atom. The number of rotatable bonds is 6. The summed E-state index contributed by atoms with van der Waals surface area (Å²) in [4.78, 5) is 0. The molecule has 0 bridgehead atoms. The quantitative estimate of drug-likeness (QED) is 0.601. The molecule has 0 saturated heterocycles. The first kappa shape index (κ1) is 21.3. The molecule has 1 unspecified atom stereocenters. The average molecular weight is 362 g/mol. The van der Waals surface area contributed by atoms with Gasteiger partial charge in [-0.05, 0) is 60.4 Å². The largest absolute Gasteiger partial charge is 1.00 e. The van der Waals surface area contributed by atoms with E-state index in [2.05, 4.69) is 77.6 Å². The zero-order chi connectivity index (χ0) is 17.9. The highest BCUT2D eigenvalue weighted by Gasteiger charge is 2.13. The van der Waals surface area contributed by atoms with Crippen LogP contribution < -0.4 is 23.5 Å². The fourth-order valence-electron chi connectivity index (χ4n) is 3.18. The van der Waals surface area contributed by atoms with E-state index in [1.807, 2.05) is 6.07 Å². The van der Waals surface area contributed by atoms with Gasteiger partial charge in [-0.15, -0.1) is 0 Å². The van der Waals surface area contributed by atoms with Gasteiger partial charge in [0.05, 0.1) is 27.7 Å². The average Bonchev–Trinajstić information content (AvgIpc) is 2.47. The smallest absolute Gasteiger partial charge is 0.0823 e. The van der Waals surface area contributed by atoms with Gasteiger partial charge in [-0.2, -0.15) is 0 Å². The molecule has 25 heavy (non-hydrogen) atoms. The van der Waals surface area contributed by atoms with E-state index in [9.17, 15) is 0 Å². The van der Waals surface area contributed by atoms with Crippen molar-refractivity contribution in [3.05, 3.63) is 47.5 Å². The van der Waals surface area contributed by atoms with Crippen LogP contribution in [0.4, 0.5) is 11.4 Å². The van der Waals surface area contributed by atoms with Gasteiger partial charge in [0.25, 0.3) is 0 Å². The fraction of sp³-hybridized carbons (Fsp3) is 0.429. The van der Waals surface area contributed by atoms with Gasteiger partial charge in [-0.3, -0.25) is 0 Å². The molecule has 0 fully saturated rings. The van der Waals surface area contributed by atoms with Gasteiger partial charge >= 0.3 is 0 Å². The molecule has 0 saturated carbocycles. The van der Waals surface area contributed by atoms with Crippen LogP contribution in [0.1, 0.15) is 18.1 Å². The van der Waals surface area contributed by atoms with Crippen LogP contribution in [-0.4, -0.2) is 38.7 Å². The third-order valence-corrected chi connectivity index (χ3v) is 4.33. The molecule has 0 aromatic heterocycles. The summed E-state index contributed by atoms with van der Waals surface area (Å²) in [5.74, 6) is 0.629. The first-order valence-electron chi connectivity index (χ1n) is 8.67. The minimum absolute atomic E-state index is 0. The molecule has 1 atom stereocenters. The predicted octanol–water partition coefficient (Wildman–Crippen LogP) is 1.31. The standard InChI is InChI=1S/C21H32N3.ClH/c1-15(14-24(4,5)6)13-23-21-10-8-19(12-17(21)3)18-7-9-20(22)16(2)11-18;/h7-12,15,23H,13-14,22H2,1-6H3;1H/q+1;/p-1. The van der Waals surface area contributed by atoms with E-state index in [1.54, 1.807) is 0 Å². The van der Waals surface area contributed by atoms with Gasteiger partial charge in [-0.25, -0.2) is 0 Å². The molecule has 0 radical (unpaired) electrons. The summed E-state index contributed by atoms with van der Waals surface area (Å²) in [6.45, 7) is 8.68. The second kappa shape index (κ2) is 8.59. The second-order valence-corrected chi connectivity index (χ2v) is 8.06. The van der Waals surface area contributed by atoms with Gasteiger partial charge in [0.1, 0.15) is 0 Å². The van der Waals surface area contributed by atoms with Crippen molar-refractivity contribution in [2.75, 3.05) is 45.3 Å². The predicted molar refractivity (Wildman–Crippen MR) is 106 cm³/mol. The Labute approximate surface area is 159 Å². The maximum Gasteiger partial charge on any atom is 0.0823 e. The van der Waals surface area contributed by atoms with E-state index in [1.165, 1.54) is 22.4 Å². The number of nitrogens with zero attached hydrogens (tertiary/aromatic N) is 1. The first-order valence-corrected chi connectivity index (χ1v) is 8.67. The Morgan fingerprint density at radius 1 is 0.960 bits per heavy atom. The molecular formula is C21H32ClN3. The molecule has 0 aliphatic heterocycles. The summed E-state index contributed by atoms with van der Waals surface area (Å²) in [7, 11) is 6.72. The molecule has 2 rings (SSSR count). The molecule has 4 heteroatoms. The van der Waals surface area contributed by atoms with Crippen molar-refractivity contribution in [2.24, 2.45) is 5.92 Å². The Morgan fingerprint density at radius 3 is 2.04 bits per heavy atom. The van der Waals surface area contributed by atoms with Crippen LogP contribution in [0.2, 0.25) is 0 Å². The van der Waals surface area contributed by atoms with E-state index in [0.29, 0.717) is 5.92 Å². The lowest BCUT2D eigenvalue weighted by Gasteiger charge is -2.28. The van der Waals surface area contributed by atoms with Crippen LogP contribution in [0.5, 0.6) is 0 Å². The number of hydrogen-bond acceptors (Lipinski definition) is 2. The van der Waals surface area contributed by atoms with Crippen LogP contribution in [0.15, 0.2) is 36.4 Å². The topological polar surface area (TPSA) is 38.0 Å². The van der Waals surface area contributed by atoms with Crippen molar-refractivity contribution in [2.45, 2.75) is 20.8 Å². The molecule has 0 aliphatic rings. The minimum Gasteiger partial charge on any atom is -1.00 e. The van der Waals surface area contributed by atoms with E-state index in [-0.39, 0.29) is 12.4 Å². The number of hydrogen-bond donors (Lipinski definition) is 2. The lowest BCUT2D eigenvalue weighted by Crippen LogP contribution is -3.00. The number of nitrogens with two attached hydrogens (primary N) is 1. The van der Waals surface area contributed by atoms with Crippen molar-refractivity contribution in [3.8, 4) is 11.1 Å². The number of nitrogen functional groups attached to an aromatic ring is 1. The zero-order valence-electron chi connectivity index (χ0n) is 16.4. The number of aryl methyl sites for hydroxylation is 2. The van der Waals surface area contributed by atoms with E-state index in [4.69, 9.17) is 5.73 Å². The molecule has 0 heterocycles. The third kappa shape index (κ3) is 6.26. The molecule has 138 valence electrons. The van der Waals surface area contributed by atoms with Crippen molar-refractivity contribution in [3.63, 3.8) is 0 Å². The van der Waals surface area contributed by atoms with Crippen molar-refractivity contribution in [1.82, 2.24) is 0 Å². The number of quaternary nitrogens is 1. The van der Waals surface area contributed by atoms with Gasteiger partial charge < -0.3 is 27.9 Å². The minimum atomic E-state index is 0. The van der Waals surface area contributed by atoms with E-state index < -0.39 is 0 Å². The Balaban J connectivity index is 0.00000312. The number of benzene rings is 2. The molecule has 3 N–H and O–H groups in total. The summed E-state index contributed by atoms with van der Waals surface area (Å²) >= 11 is 0. The highest BCUT2D eigenvalue weighted by Crippen LogP contribution is 2.27. The van der Waals surface area contributed by atoms with Crippen molar-refractivity contribution < 1.29 is 16.9 Å². The van der Waals surface area contributed by atoms with E-state index >= 15 is 0 Å². The normalized spacial score (nSPS) is 12.4. The Bertz CT molecular complexity index is 705. The lowest BCUT2D eigenvalue weighted by atomic mass is 10.00. The van der Waals surface area contributed by atoms with Crippen LogP contribution in [0.25, 0.3) is 11.1 Å². The summed E-state index contributed by atoms with van der Waals surface area (Å²) in [5.41, 5.74) is 12.8. The lowest BCUT2D eigenvalue weighted by molar-refractivity contribution is -0.873. The number of anilines is 2. The van der Waals surface area contributed by atoms with Crippen molar-refractivity contribution >= 4 is 11.4 Å². The highest BCUT2D eigenvalue weighted by atomic mass is 35.5. The van der Waals surface area contributed by atoms with Gasteiger partial charge in [0.15, 0.2) is 0 Å². The molecule has 0 spiro atoms. The van der Waals surface area contributed by atoms with Crippen LogP contribution >= 0.6 is 0 Å². The number of nitrogens with one attached hydrogen (secondary N) is 1. The van der Waals surface area contributed by atoms with Gasteiger partial charge in [-0.1, -0.05) is 19.1 Å². The maximum atomic E-state index is 5.92. The van der Waals surface area contributed by atoms with Crippen LogP contribution in [-0.2, 0) is 0 Å². The Hall–Kier alpha value is -1.71. The molecule has 3 nitrogen and oxygen atoms in total. The maximum absolute atomic E-state index is 5.92. The van der Waals surface area contributed by atoms with E-state index in [0.717, 1.165) is 28.8 Å². The fourth-order valence-corrected chi connectivity index (χ4v) is 3.18. The molecule has 0 amide bonds. The molecular weight excluding hydrogens is 330 g/mol. The monoisotopic (exact) mass is 361 g/mol. The SMILES string of the molecule is Cc1cc(-c2ccc(NCC(C)C[N+](C)(C)C)c(C)c2)ccc1N.[Cl-]. The third-order valence-electron chi connectivity index (χ3n) is 4.33. The van der Waals surface area contributed by atoms with Crippen LogP contribution in [0, 0.1) is 19.8 Å². The Kier molecular flexibility index (Phi) is 7.33. The molecule has 0 aliphatic carbocycles. The summed E-state index contributed by atoms with van der Waals surface area (Å²) in [5, 5.41) is 3.60. The van der Waals surface area contributed by atoms with Gasteiger partial charge in [0.2, 0.25) is 0 Å².